The molecular formula is C9H6BrFOS. The summed E-state index contributed by atoms with van der Waals surface area (Å²) in [6.45, 7) is -0.0596. The molecule has 0 radical (unpaired) electrons. The maximum Gasteiger partial charge on any atom is 0.146 e. The molecule has 1 N–H and O–H groups in total. The van der Waals surface area contributed by atoms with Crippen LogP contribution in [0.4, 0.5) is 4.39 Å². The second-order valence-electron chi connectivity index (χ2n) is 2.65. The number of thiophene rings is 1. The SMILES string of the molecule is OCc1cc(Br)c(F)c2ccsc12. The lowest BCUT2D eigenvalue weighted by atomic mass is 10.2. The molecule has 68 valence electrons. The van der Waals surface area contributed by atoms with Gasteiger partial charge < -0.3 is 5.11 Å². The van der Waals surface area contributed by atoms with Crippen LogP contribution in [0.5, 0.6) is 0 Å². The van der Waals surface area contributed by atoms with Crippen LogP contribution >= 0.6 is 27.3 Å². The average molecular weight is 261 g/mol. The third-order valence-electron chi connectivity index (χ3n) is 1.87. The van der Waals surface area contributed by atoms with Gasteiger partial charge in [0.05, 0.1) is 11.1 Å². The van der Waals surface area contributed by atoms with Crippen LogP contribution in [0.2, 0.25) is 0 Å². The lowest BCUT2D eigenvalue weighted by molar-refractivity contribution is 0.283. The van der Waals surface area contributed by atoms with E-state index in [1.165, 1.54) is 11.3 Å². The molecule has 1 nitrogen and oxygen atoms in total. The van der Waals surface area contributed by atoms with E-state index < -0.39 is 0 Å². The minimum Gasteiger partial charge on any atom is -0.392 e. The molecule has 0 aliphatic rings. The molecule has 0 fully saturated rings. The molecule has 1 aromatic heterocycles. The zero-order valence-electron chi connectivity index (χ0n) is 6.55. The van der Waals surface area contributed by atoms with Crippen molar-refractivity contribution in [1.82, 2.24) is 0 Å². The molecule has 13 heavy (non-hydrogen) atoms. The monoisotopic (exact) mass is 260 g/mol. The lowest BCUT2D eigenvalue weighted by Crippen LogP contribution is -1.87. The third kappa shape index (κ3) is 1.39. The van der Waals surface area contributed by atoms with E-state index in [1.54, 1.807) is 12.1 Å². The first kappa shape index (κ1) is 9.12. The van der Waals surface area contributed by atoms with Crippen LogP contribution < -0.4 is 0 Å². The third-order valence-corrected chi connectivity index (χ3v) is 3.44. The van der Waals surface area contributed by atoms with Gasteiger partial charge in [-0.2, -0.15) is 0 Å². The Morgan fingerprint density at radius 1 is 1.54 bits per heavy atom. The Morgan fingerprint density at radius 2 is 2.31 bits per heavy atom. The van der Waals surface area contributed by atoms with Gasteiger partial charge in [-0.15, -0.1) is 11.3 Å². The van der Waals surface area contributed by atoms with Crippen molar-refractivity contribution in [2.75, 3.05) is 0 Å². The predicted octanol–water partition coefficient (Wildman–Crippen LogP) is 3.30. The van der Waals surface area contributed by atoms with Crippen molar-refractivity contribution in [3.63, 3.8) is 0 Å². The maximum absolute atomic E-state index is 13.4. The standard InChI is InChI=1S/C9H6BrFOS/c10-7-3-5(4-12)9-6(8(7)11)1-2-13-9/h1-3,12H,4H2. The smallest absolute Gasteiger partial charge is 0.146 e. The highest BCUT2D eigenvalue weighted by atomic mass is 79.9. The van der Waals surface area contributed by atoms with Gasteiger partial charge in [-0.1, -0.05) is 0 Å². The first-order chi connectivity index (χ1) is 6.24. The molecular weight excluding hydrogens is 255 g/mol. The number of aliphatic hydroxyl groups is 1. The van der Waals surface area contributed by atoms with E-state index >= 15 is 0 Å². The lowest BCUT2D eigenvalue weighted by Gasteiger charge is -2.01. The quantitative estimate of drug-likeness (QED) is 0.835. The predicted molar refractivity (Wildman–Crippen MR) is 55.4 cm³/mol. The van der Waals surface area contributed by atoms with E-state index in [0.29, 0.717) is 9.86 Å². The summed E-state index contributed by atoms with van der Waals surface area (Å²) in [6.07, 6.45) is 0. The molecule has 2 rings (SSSR count). The Bertz CT molecular complexity index is 452. The van der Waals surface area contributed by atoms with E-state index in [9.17, 15) is 4.39 Å². The van der Waals surface area contributed by atoms with E-state index in [4.69, 9.17) is 5.11 Å². The summed E-state index contributed by atoms with van der Waals surface area (Å²) in [4.78, 5) is 0. The van der Waals surface area contributed by atoms with Gasteiger partial charge in [-0.05, 0) is 39.0 Å². The van der Waals surface area contributed by atoms with Crippen LogP contribution in [0.3, 0.4) is 0 Å². The number of hydrogen-bond acceptors (Lipinski definition) is 2. The average Bonchev–Trinajstić information content (AvgIpc) is 2.60. The Balaban J connectivity index is 2.87. The number of benzene rings is 1. The number of halogens is 2. The Kier molecular flexibility index (Phi) is 2.36. The zero-order chi connectivity index (χ0) is 9.42. The maximum atomic E-state index is 13.4. The molecule has 0 saturated carbocycles. The molecule has 0 atom stereocenters. The summed E-state index contributed by atoms with van der Waals surface area (Å²) in [6, 6.07) is 3.34. The Hall–Kier alpha value is -0.450. The van der Waals surface area contributed by atoms with Crippen molar-refractivity contribution in [3.05, 3.63) is 33.4 Å². The highest BCUT2D eigenvalue weighted by Crippen LogP contribution is 2.32. The highest BCUT2D eigenvalue weighted by molar-refractivity contribution is 9.10. The molecule has 0 amide bonds. The molecule has 0 bridgehead atoms. The van der Waals surface area contributed by atoms with Crippen molar-refractivity contribution in [3.8, 4) is 0 Å². The molecule has 0 spiro atoms. The minimum atomic E-state index is -0.256. The second-order valence-corrected chi connectivity index (χ2v) is 4.42. The van der Waals surface area contributed by atoms with Crippen LogP contribution in [-0.4, -0.2) is 5.11 Å². The summed E-state index contributed by atoms with van der Waals surface area (Å²) in [5.74, 6) is -0.256. The van der Waals surface area contributed by atoms with Crippen molar-refractivity contribution in [1.29, 1.82) is 0 Å². The number of aliphatic hydroxyl groups excluding tert-OH is 1. The molecule has 0 unspecified atom stereocenters. The summed E-state index contributed by atoms with van der Waals surface area (Å²) in [5.41, 5.74) is 0.762. The molecule has 2 aromatic rings. The number of fused-ring (bicyclic) bond motifs is 1. The van der Waals surface area contributed by atoms with Gasteiger partial charge in [0.25, 0.3) is 0 Å². The van der Waals surface area contributed by atoms with E-state index in [0.717, 1.165) is 10.3 Å². The van der Waals surface area contributed by atoms with Crippen LogP contribution in [0.25, 0.3) is 10.1 Å². The fourth-order valence-electron chi connectivity index (χ4n) is 1.26. The van der Waals surface area contributed by atoms with Gasteiger partial charge in [0.15, 0.2) is 0 Å². The van der Waals surface area contributed by atoms with Crippen LogP contribution in [-0.2, 0) is 6.61 Å². The largest absolute Gasteiger partial charge is 0.392 e. The molecule has 0 aliphatic carbocycles. The Morgan fingerprint density at radius 3 is 3.00 bits per heavy atom. The summed E-state index contributed by atoms with van der Waals surface area (Å²) in [7, 11) is 0. The van der Waals surface area contributed by atoms with Gasteiger partial charge in [0.2, 0.25) is 0 Å². The number of hydrogen-bond donors (Lipinski definition) is 1. The van der Waals surface area contributed by atoms with E-state index in [-0.39, 0.29) is 12.4 Å². The van der Waals surface area contributed by atoms with Crippen molar-refractivity contribution in [2.45, 2.75) is 6.61 Å². The van der Waals surface area contributed by atoms with Gasteiger partial charge in [-0.25, -0.2) is 4.39 Å². The van der Waals surface area contributed by atoms with E-state index in [1.807, 2.05) is 5.38 Å². The molecule has 4 heteroatoms. The summed E-state index contributed by atoms with van der Waals surface area (Å²) >= 11 is 4.55. The normalized spacial score (nSPS) is 11.0. The number of rotatable bonds is 1. The van der Waals surface area contributed by atoms with Gasteiger partial charge in [-0.3, -0.25) is 0 Å². The molecule has 1 aromatic carbocycles. The molecule has 0 aliphatic heterocycles. The van der Waals surface area contributed by atoms with Gasteiger partial charge >= 0.3 is 0 Å². The zero-order valence-corrected chi connectivity index (χ0v) is 8.95. The summed E-state index contributed by atoms with van der Waals surface area (Å²) in [5, 5.41) is 11.4. The van der Waals surface area contributed by atoms with Crippen molar-refractivity contribution >= 4 is 37.4 Å². The van der Waals surface area contributed by atoms with Gasteiger partial charge in [0, 0.05) is 10.1 Å². The molecule has 1 heterocycles. The van der Waals surface area contributed by atoms with Crippen molar-refractivity contribution < 1.29 is 9.50 Å². The van der Waals surface area contributed by atoms with Gasteiger partial charge in [0.1, 0.15) is 5.82 Å². The molecule has 0 saturated heterocycles. The minimum absolute atomic E-state index is 0.0596. The van der Waals surface area contributed by atoms with Crippen LogP contribution in [0.15, 0.2) is 22.0 Å². The highest BCUT2D eigenvalue weighted by Gasteiger charge is 2.10. The first-order valence-corrected chi connectivity index (χ1v) is 5.36. The topological polar surface area (TPSA) is 20.2 Å². The summed E-state index contributed by atoms with van der Waals surface area (Å²) < 4.78 is 14.7. The van der Waals surface area contributed by atoms with Crippen LogP contribution in [0, 0.1) is 5.82 Å². The first-order valence-electron chi connectivity index (χ1n) is 3.69. The second kappa shape index (κ2) is 3.36. The fourth-order valence-corrected chi connectivity index (χ4v) is 2.65. The van der Waals surface area contributed by atoms with Crippen molar-refractivity contribution in [2.24, 2.45) is 0 Å². The van der Waals surface area contributed by atoms with Crippen LogP contribution in [0.1, 0.15) is 5.56 Å². The van der Waals surface area contributed by atoms with E-state index in [2.05, 4.69) is 15.9 Å². The fraction of sp³-hybridized carbons (Fsp3) is 0.111. The Labute approximate surface area is 86.9 Å².